The molecule has 1 unspecified atom stereocenters. The van der Waals surface area contributed by atoms with Gasteiger partial charge in [-0.1, -0.05) is 33.6 Å². The molecule has 2 fully saturated rings. The summed E-state index contributed by atoms with van der Waals surface area (Å²) in [5.74, 6) is 1.88. The smallest absolute Gasteiger partial charge is 0.228 e. The van der Waals surface area contributed by atoms with Gasteiger partial charge in [0.25, 0.3) is 0 Å². The van der Waals surface area contributed by atoms with Crippen LogP contribution >= 0.6 is 0 Å². The standard InChI is InChI=1S/C16H29NO/c1-4-16(3,14-7-5-6-8-14)15(18)17-11-9-13(2)10-12-17/h13-14H,4-12H2,1-3H3. The van der Waals surface area contributed by atoms with E-state index in [2.05, 4.69) is 25.7 Å². The molecule has 2 aliphatic rings. The zero-order chi connectivity index (χ0) is 13.2. The van der Waals surface area contributed by atoms with E-state index in [-0.39, 0.29) is 5.41 Å². The molecular formula is C16H29NO. The molecule has 2 rings (SSSR count). The summed E-state index contributed by atoms with van der Waals surface area (Å²) < 4.78 is 0. The van der Waals surface area contributed by atoms with Gasteiger partial charge in [0.1, 0.15) is 0 Å². The summed E-state index contributed by atoms with van der Waals surface area (Å²) in [6.45, 7) is 8.70. The molecule has 1 aliphatic carbocycles. The molecule has 1 heterocycles. The molecule has 0 spiro atoms. The molecule has 1 amide bonds. The Morgan fingerprint density at radius 1 is 1.17 bits per heavy atom. The van der Waals surface area contributed by atoms with Crippen LogP contribution in [0.5, 0.6) is 0 Å². The van der Waals surface area contributed by atoms with Gasteiger partial charge in [-0.15, -0.1) is 0 Å². The highest BCUT2D eigenvalue weighted by Crippen LogP contribution is 2.43. The fraction of sp³-hybridized carbons (Fsp3) is 0.938. The fourth-order valence-corrected chi connectivity index (χ4v) is 3.75. The van der Waals surface area contributed by atoms with Gasteiger partial charge in [0.05, 0.1) is 0 Å². The molecule has 104 valence electrons. The Bertz CT molecular complexity index is 287. The van der Waals surface area contributed by atoms with Gasteiger partial charge >= 0.3 is 0 Å². The molecule has 0 aromatic heterocycles. The van der Waals surface area contributed by atoms with Gasteiger partial charge in [0.15, 0.2) is 0 Å². The van der Waals surface area contributed by atoms with E-state index in [0.717, 1.165) is 25.4 Å². The molecule has 2 nitrogen and oxygen atoms in total. The number of carbonyl (C=O) groups excluding carboxylic acids is 1. The molecule has 0 N–H and O–H groups in total. The summed E-state index contributed by atoms with van der Waals surface area (Å²) >= 11 is 0. The van der Waals surface area contributed by atoms with Crippen molar-refractivity contribution >= 4 is 5.91 Å². The molecule has 1 saturated heterocycles. The number of piperidine rings is 1. The molecule has 1 atom stereocenters. The first kappa shape index (κ1) is 13.9. The van der Waals surface area contributed by atoms with Gasteiger partial charge in [-0.2, -0.15) is 0 Å². The third-order valence-corrected chi connectivity index (χ3v) is 5.55. The molecule has 1 saturated carbocycles. The Morgan fingerprint density at radius 2 is 1.72 bits per heavy atom. The maximum Gasteiger partial charge on any atom is 0.228 e. The number of carbonyl (C=O) groups is 1. The first-order chi connectivity index (χ1) is 8.58. The predicted octanol–water partition coefficient (Wildman–Crippen LogP) is 3.85. The summed E-state index contributed by atoms with van der Waals surface area (Å²) in [6, 6.07) is 0. The number of amides is 1. The summed E-state index contributed by atoms with van der Waals surface area (Å²) in [7, 11) is 0. The number of hydrogen-bond donors (Lipinski definition) is 0. The summed E-state index contributed by atoms with van der Waals surface area (Å²) in [6.07, 6.45) is 8.56. The molecule has 0 radical (unpaired) electrons. The van der Waals surface area contributed by atoms with Crippen LogP contribution in [0.3, 0.4) is 0 Å². The number of nitrogens with zero attached hydrogens (tertiary/aromatic N) is 1. The molecule has 1 aliphatic heterocycles. The highest BCUT2D eigenvalue weighted by Gasteiger charge is 2.43. The zero-order valence-electron chi connectivity index (χ0n) is 12.4. The second-order valence-electron chi connectivity index (χ2n) is 6.73. The van der Waals surface area contributed by atoms with Crippen LogP contribution < -0.4 is 0 Å². The fourth-order valence-electron chi connectivity index (χ4n) is 3.75. The Hall–Kier alpha value is -0.530. The van der Waals surface area contributed by atoms with Crippen molar-refractivity contribution in [1.29, 1.82) is 0 Å². The number of likely N-dealkylation sites (tertiary alicyclic amines) is 1. The van der Waals surface area contributed by atoms with Gasteiger partial charge in [-0.25, -0.2) is 0 Å². The van der Waals surface area contributed by atoms with Crippen molar-refractivity contribution in [3.05, 3.63) is 0 Å². The Balaban J connectivity index is 2.04. The van der Waals surface area contributed by atoms with Gasteiger partial charge in [-0.05, 0) is 43.9 Å². The highest BCUT2D eigenvalue weighted by atomic mass is 16.2. The third kappa shape index (κ3) is 2.57. The minimum atomic E-state index is -0.0862. The zero-order valence-corrected chi connectivity index (χ0v) is 12.4. The van der Waals surface area contributed by atoms with E-state index in [1.807, 2.05) is 0 Å². The van der Waals surface area contributed by atoms with Crippen molar-refractivity contribution in [3.8, 4) is 0 Å². The van der Waals surface area contributed by atoms with Crippen molar-refractivity contribution in [2.24, 2.45) is 17.3 Å². The van der Waals surface area contributed by atoms with E-state index in [1.165, 1.54) is 38.5 Å². The predicted molar refractivity (Wildman–Crippen MR) is 75.3 cm³/mol. The van der Waals surface area contributed by atoms with Crippen LogP contribution in [0.1, 0.15) is 65.7 Å². The average Bonchev–Trinajstić information content (AvgIpc) is 2.92. The second-order valence-corrected chi connectivity index (χ2v) is 6.73. The summed E-state index contributed by atoms with van der Waals surface area (Å²) in [5.41, 5.74) is -0.0862. The van der Waals surface area contributed by atoms with E-state index in [4.69, 9.17) is 0 Å². The van der Waals surface area contributed by atoms with E-state index in [1.54, 1.807) is 0 Å². The van der Waals surface area contributed by atoms with Crippen molar-refractivity contribution in [3.63, 3.8) is 0 Å². The minimum Gasteiger partial charge on any atom is -0.342 e. The minimum absolute atomic E-state index is 0.0862. The lowest BCUT2D eigenvalue weighted by atomic mass is 9.72. The Labute approximate surface area is 112 Å². The first-order valence-electron chi connectivity index (χ1n) is 7.87. The SMILES string of the molecule is CCC(C)(C(=O)N1CCC(C)CC1)C1CCCC1. The second kappa shape index (κ2) is 5.63. The van der Waals surface area contributed by atoms with E-state index < -0.39 is 0 Å². The summed E-state index contributed by atoms with van der Waals surface area (Å²) in [4.78, 5) is 15.0. The Kier molecular flexibility index (Phi) is 4.34. The third-order valence-electron chi connectivity index (χ3n) is 5.55. The molecule has 18 heavy (non-hydrogen) atoms. The van der Waals surface area contributed by atoms with E-state index in [0.29, 0.717) is 11.8 Å². The van der Waals surface area contributed by atoms with Gasteiger partial charge in [0, 0.05) is 18.5 Å². The molecule has 0 aromatic carbocycles. The van der Waals surface area contributed by atoms with Crippen molar-refractivity contribution in [1.82, 2.24) is 4.90 Å². The van der Waals surface area contributed by atoms with Gasteiger partial charge in [0.2, 0.25) is 5.91 Å². The monoisotopic (exact) mass is 251 g/mol. The van der Waals surface area contributed by atoms with E-state index >= 15 is 0 Å². The van der Waals surface area contributed by atoms with Crippen LogP contribution in [0.25, 0.3) is 0 Å². The average molecular weight is 251 g/mol. The largest absolute Gasteiger partial charge is 0.342 e. The molecule has 0 aromatic rings. The lowest BCUT2D eigenvalue weighted by Crippen LogP contribution is -2.48. The van der Waals surface area contributed by atoms with Gasteiger partial charge < -0.3 is 4.90 Å². The maximum absolute atomic E-state index is 12.9. The lowest BCUT2D eigenvalue weighted by Gasteiger charge is -2.40. The van der Waals surface area contributed by atoms with E-state index in [9.17, 15) is 4.79 Å². The Morgan fingerprint density at radius 3 is 2.22 bits per heavy atom. The molecule has 2 heteroatoms. The normalized spacial score (nSPS) is 26.3. The highest BCUT2D eigenvalue weighted by molar-refractivity contribution is 5.82. The quantitative estimate of drug-likeness (QED) is 0.746. The van der Waals surface area contributed by atoms with Crippen LogP contribution in [0, 0.1) is 17.3 Å². The van der Waals surface area contributed by atoms with Crippen LogP contribution in [0.2, 0.25) is 0 Å². The van der Waals surface area contributed by atoms with Crippen LogP contribution in [0.4, 0.5) is 0 Å². The maximum atomic E-state index is 12.9. The topological polar surface area (TPSA) is 20.3 Å². The van der Waals surface area contributed by atoms with Crippen LogP contribution in [0.15, 0.2) is 0 Å². The number of hydrogen-bond acceptors (Lipinski definition) is 1. The van der Waals surface area contributed by atoms with Crippen LogP contribution in [-0.2, 0) is 4.79 Å². The van der Waals surface area contributed by atoms with Crippen molar-refractivity contribution in [2.75, 3.05) is 13.1 Å². The van der Waals surface area contributed by atoms with Crippen LogP contribution in [-0.4, -0.2) is 23.9 Å². The first-order valence-corrected chi connectivity index (χ1v) is 7.87. The lowest BCUT2D eigenvalue weighted by molar-refractivity contribution is -0.146. The van der Waals surface area contributed by atoms with Gasteiger partial charge in [-0.3, -0.25) is 4.79 Å². The summed E-state index contributed by atoms with van der Waals surface area (Å²) in [5, 5.41) is 0. The van der Waals surface area contributed by atoms with Crippen molar-refractivity contribution < 1.29 is 4.79 Å². The van der Waals surface area contributed by atoms with Crippen molar-refractivity contribution in [2.45, 2.75) is 65.7 Å². The number of rotatable bonds is 3. The molecule has 0 bridgehead atoms. The molecular weight excluding hydrogens is 222 g/mol.